The third-order valence-electron chi connectivity index (χ3n) is 3.73. The molecule has 0 radical (unpaired) electrons. The van der Waals surface area contributed by atoms with Crippen LogP contribution in [0.3, 0.4) is 0 Å². The van der Waals surface area contributed by atoms with Gasteiger partial charge in [0, 0.05) is 5.57 Å². The highest BCUT2D eigenvalue weighted by Gasteiger charge is 2.11. The Kier molecular flexibility index (Phi) is 6.19. The van der Waals surface area contributed by atoms with Gasteiger partial charge in [0.25, 0.3) is 0 Å². The summed E-state index contributed by atoms with van der Waals surface area (Å²) in [6, 6.07) is 14.3. The Balaban J connectivity index is 1.91. The van der Waals surface area contributed by atoms with E-state index >= 15 is 0 Å². The quantitative estimate of drug-likeness (QED) is 0.296. The zero-order chi connectivity index (χ0) is 18.7. The molecule has 0 bridgehead atoms. The number of aromatic nitrogens is 2. The first-order valence-electron chi connectivity index (χ1n) is 8.14. The zero-order valence-corrected chi connectivity index (χ0v) is 18.7. The summed E-state index contributed by atoms with van der Waals surface area (Å²) in [4.78, 5) is 4.39. The summed E-state index contributed by atoms with van der Waals surface area (Å²) in [5, 5.41) is 9.59. The van der Waals surface area contributed by atoms with Crippen LogP contribution in [0, 0.1) is 18.5 Å². The predicted molar refractivity (Wildman–Crippen MR) is 121 cm³/mol. The predicted octanol–water partition coefficient (Wildman–Crippen LogP) is 5.64. The van der Waals surface area contributed by atoms with Crippen molar-refractivity contribution in [2.24, 2.45) is 0 Å². The number of hydrogen-bond donors (Lipinski definition) is 0. The first kappa shape index (κ1) is 19.2. The van der Waals surface area contributed by atoms with E-state index in [0.29, 0.717) is 12.1 Å². The second-order valence-electron chi connectivity index (χ2n) is 6.12. The molecule has 0 amide bonds. The topological polar surface area (TPSA) is 50.8 Å². The van der Waals surface area contributed by atoms with Crippen LogP contribution in [0.15, 0.2) is 48.3 Å². The van der Waals surface area contributed by atoms with Crippen molar-refractivity contribution in [1.29, 1.82) is 5.26 Å². The minimum atomic E-state index is 0.127. The number of ether oxygens (including phenoxy) is 1. The maximum Gasteiger partial charge on any atom is 0.146 e. The van der Waals surface area contributed by atoms with Gasteiger partial charge in [-0.15, -0.1) is 0 Å². The van der Waals surface area contributed by atoms with E-state index in [4.69, 9.17) is 4.74 Å². The summed E-state index contributed by atoms with van der Waals surface area (Å²) in [5.74, 6) is 0.900. The third-order valence-corrected chi connectivity index (χ3v) is 5.33. The second-order valence-corrected chi connectivity index (χ2v) is 8.45. The Hall–Kier alpha value is -1.60. The maximum atomic E-state index is 9.59. The van der Waals surface area contributed by atoms with Gasteiger partial charge in [-0.05, 0) is 94.9 Å². The highest BCUT2D eigenvalue weighted by Crippen LogP contribution is 2.30. The summed E-state index contributed by atoms with van der Waals surface area (Å²) in [6.07, 6.45) is 3.84. The number of fused-ring (bicyclic) bond motifs is 1. The molecule has 0 fully saturated rings. The van der Waals surface area contributed by atoms with Crippen LogP contribution in [0.25, 0.3) is 17.1 Å². The molecule has 0 aliphatic rings. The minimum absolute atomic E-state index is 0.127. The lowest BCUT2D eigenvalue weighted by Crippen LogP contribution is -2.08. The molecular weight excluding hydrogens is 552 g/mol. The molecule has 4 nitrogen and oxygen atoms in total. The van der Waals surface area contributed by atoms with Crippen molar-refractivity contribution >= 4 is 62.3 Å². The Bertz CT molecular complexity index is 992. The fourth-order valence-corrected chi connectivity index (χ4v) is 4.72. The third kappa shape index (κ3) is 4.38. The first-order chi connectivity index (χ1) is 12.5. The van der Waals surface area contributed by atoms with E-state index in [1.807, 2.05) is 60.9 Å². The SMILES string of the molecule is CC(C)Oc1c(I)cc(/C=C(/C#N)Cn2cnc3ccccc32)cc1I. The van der Waals surface area contributed by atoms with Gasteiger partial charge in [0.05, 0.1) is 43.2 Å². The molecule has 0 aliphatic carbocycles. The van der Waals surface area contributed by atoms with Crippen LogP contribution in [0.1, 0.15) is 19.4 Å². The summed E-state index contributed by atoms with van der Waals surface area (Å²) < 4.78 is 9.96. The molecule has 0 saturated carbocycles. The number of benzene rings is 2. The average Bonchev–Trinajstić information content (AvgIpc) is 3.00. The zero-order valence-electron chi connectivity index (χ0n) is 14.4. The molecule has 0 saturated heterocycles. The van der Waals surface area contributed by atoms with Crippen molar-refractivity contribution in [3.63, 3.8) is 0 Å². The van der Waals surface area contributed by atoms with Crippen LogP contribution in [0.5, 0.6) is 5.75 Å². The highest BCUT2D eigenvalue weighted by atomic mass is 127. The van der Waals surface area contributed by atoms with Crippen molar-refractivity contribution in [1.82, 2.24) is 9.55 Å². The number of para-hydroxylation sites is 2. The van der Waals surface area contributed by atoms with Gasteiger partial charge in [-0.25, -0.2) is 4.98 Å². The monoisotopic (exact) mass is 569 g/mol. The highest BCUT2D eigenvalue weighted by molar-refractivity contribution is 14.1. The number of rotatable bonds is 5. The molecule has 0 spiro atoms. The molecule has 3 rings (SSSR count). The van der Waals surface area contributed by atoms with Crippen LogP contribution < -0.4 is 4.74 Å². The van der Waals surface area contributed by atoms with Crippen molar-refractivity contribution in [3.8, 4) is 11.8 Å². The van der Waals surface area contributed by atoms with Crippen molar-refractivity contribution < 1.29 is 4.74 Å². The molecule has 0 aliphatic heterocycles. The number of halogens is 2. The lowest BCUT2D eigenvalue weighted by atomic mass is 10.1. The molecule has 26 heavy (non-hydrogen) atoms. The molecule has 6 heteroatoms. The molecule has 0 unspecified atom stereocenters. The van der Waals surface area contributed by atoms with Crippen LogP contribution in [0.4, 0.5) is 0 Å². The Morgan fingerprint density at radius 2 is 1.96 bits per heavy atom. The van der Waals surface area contributed by atoms with Gasteiger partial charge in [-0.3, -0.25) is 0 Å². The molecular formula is C20H17I2N3O. The van der Waals surface area contributed by atoms with Crippen LogP contribution in [-0.4, -0.2) is 15.7 Å². The normalized spacial score (nSPS) is 11.8. The molecule has 1 aromatic heterocycles. The number of imidazole rings is 1. The number of nitrogens with zero attached hydrogens (tertiary/aromatic N) is 3. The number of nitriles is 1. The molecule has 3 aromatic rings. The lowest BCUT2D eigenvalue weighted by molar-refractivity contribution is 0.239. The van der Waals surface area contributed by atoms with Gasteiger partial charge in [-0.2, -0.15) is 5.26 Å². The van der Waals surface area contributed by atoms with Crippen molar-refractivity contribution in [2.45, 2.75) is 26.5 Å². The Morgan fingerprint density at radius 3 is 2.62 bits per heavy atom. The van der Waals surface area contributed by atoms with E-state index in [2.05, 4.69) is 56.2 Å². The summed E-state index contributed by atoms with van der Waals surface area (Å²) >= 11 is 4.56. The molecule has 0 atom stereocenters. The van der Waals surface area contributed by atoms with E-state index in [1.54, 1.807) is 6.33 Å². The van der Waals surface area contributed by atoms with Crippen LogP contribution in [-0.2, 0) is 6.54 Å². The van der Waals surface area contributed by atoms with Gasteiger partial charge < -0.3 is 9.30 Å². The van der Waals surface area contributed by atoms with Gasteiger partial charge in [0.1, 0.15) is 5.75 Å². The fraction of sp³-hybridized carbons (Fsp3) is 0.200. The molecule has 0 N–H and O–H groups in total. The molecule has 1 heterocycles. The average molecular weight is 569 g/mol. The Labute approximate surface area is 180 Å². The van der Waals surface area contributed by atoms with E-state index in [-0.39, 0.29) is 6.10 Å². The van der Waals surface area contributed by atoms with Gasteiger partial charge >= 0.3 is 0 Å². The fourth-order valence-electron chi connectivity index (χ4n) is 2.65. The van der Waals surface area contributed by atoms with Gasteiger partial charge in [0.2, 0.25) is 0 Å². The smallest absolute Gasteiger partial charge is 0.146 e. The summed E-state index contributed by atoms with van der Waals surface area (Å²) in [6.45, 7) is 4.53. The summed E-state index contributed by atoms with van der Waals surface area (Å²) in [7, 11) is 0. The van der Waals surface area contributed by atoms with E-state index in [0.717, 1.165) is 29.5 Å². The first-order valence-corrected chi connectivity index (χ1v) is 10.3. The van der Waals surface area contributed by atoms with Crippen molar-refractivity contribution in [2.75, 3.05) is 0 Å². The van der Waals surface area contributed by atoms with Crippen LogP contribution >= 0.6 is 45.2 Å². The van der Waals surface area contributed by atoms with E-state index in [1.165, 1.54) is 0 Å². The number of allylic oxidation sites excluding steroid dienone is 1. The maximum absolute atomic E-state index is 9.59. The van der Waals surface area contributed by atoms with Gasteiger partial charge in [-0.1, -0.05) is 12.1 Å². The van der Waals surface area contributed by atoms with Crippen molar-refractivity contribution in [3.05, 3.63) is 61.0 Å². The molecule has 2 aromatic carbocycles. The molecule has 132 valence electrons. The number of hydrogen-bond acceptors (Lipinski definition) is 3. The summed E-state index contributed by atoms with van der Waals surface area (Å²) in [5.41, 5.74) is 3.63. The second kappa shape index (κ2) is 8.39. The van der Waals surface area contributed by atoms with Crippen LogP contribution in [0.2, 0.25) is 0 Å². The van der Waals surface area contributed by atoms with E-state index in [9.17, 15) is 5.26 Å². The Morgan fingerprint density at radius 1 is 1.27 bits per heavy atom. The minimum Gasteiger partial charge on any atom is -0.489 e. The largest absolute Gasteiger partial charge is 0.489 e. The van der Waals surface area contributed by atoms with Gasteiger partial charge in [0.15, 0.2) is 0 Å². The standard InChI is InChI=1S/C20H17I2N3O/c1-13(2)26-20-16(21)8-14(9-17(20)22)7-15(10-23)11-25-12-24-18-5-3-4-6-19(18)25/h3-9,12-13H,11H2,1-2H3/b15-7-. The lowest BCUT2D eigenvalue weighted by Gasteiger charge is -2.14. The van der Waals surface area contributed by atoms with E-state index < -0.39 is 0 Å².